The van der Waals surface area contributed by atoms with Crippen molar-refractivity contribution in [1.29, 1.82) is 0 Å². The van der Waals surface area contributed by atoms with Crippen molar-refractivity contribution in [2.75, 3.05) is 26.2 Å². The van der Waals surface area contributed by atoms with Crippen molar-refractivity contribution in [3.05, 3.63) is 42.2 Å². The van der Waals surface area contributed by atoms with Gasteiger partial charge in [-0.15, -0.1) is 0 Å². The van der Waals surface area contributed by atoms with E-state index in [0.717, 1.165) is 51.5 Å². The molecule has 0 unspecified atom stereocenters. The highest BCUT2D eigenvalue weighted by molar-refractivity contribution is 5.84. The molecule has 2 aromatic rings. The van der Waals surface area contributed by atoms with Crippen molar-refractivity contribution in [3.8, 4) is 0 Å². The van der Waals surface area contributed by atoms with Crippen LogP contribution in [0, 0.1) is 5.92 Å². The molecule has 0 aliphatic carbocycles. The van der Waals surface area contributed by atoms with Crippen molar-refractivity contribution in [2.24, 2.45) is 5.92 Å². The topological polar surface area (TPSA) is 36.4 Å². The van der Waals surface area contributed by atoms with Gasteiger partial charge >= 0.3 is 0 Å². The van der Waals surface area contributed by atoms with Crippen LogP contribution in [0.1, 0.15) is 44.1 Å². The third-order valence-corrected chi connectivity index (χ3v) is 6.10. The molecule has 4 heteroatoms. The molecule has 0 atom stereocenters. The second kappa shape index (κ2) is 8.17. The third-order valence-electron chi connectivity index (χ3n) is 6.10. The summed E-state index contributed by atoms with van der Waals surface area (Å²) in [6, 6.07) is 8.63. The summed E-state index contributed by atoms with van der Waals surface area (Å²) >= 11 is 0. The van der Waals surface area contributed by atoms with Crippen LogP contribution in [0.15, 0.2) is 36.7 Å². The fourth-order valence-electron chi connectivity index (χ4n) is 4.45. The summed E-state index contributed by atoms with van der Waals surface area (Å²) in [5, 5.41) is 2.54. The molecule has 0 saturated carbocycles. The first-order valence-corrected chi connectivity index (χ1v) is 10.1. The lowest BCUT2D eigenvalue weighted by Crippen LogP contribution is -2.34. The third kappa shape index (κ3) is 4.07. The first-order valence-electron chi connectivity index (χ1n) is 10.1. The maximum atomic E-state index is 12.2. The van der Waals surface area contributed by atoms with Gasteiger partial charge in [-0.2, -0.15) is 0 Å². The van der Waals surface area contributed by atoms with Gasteiger partial charge in [-0.3, -0.25) is 14.7 Å². The van der Waals surface area contributed by atoms with E-state index in [1.807, 2.05) is 12.4 Å². The number of rotatable bonds is 5. The summed E-state index contributed by atoms with van der Waals surface area (Å²) in [6.45, 7) is 5.27. The number of hydrogen-bond donors (Lipinski definition) is 0. The van der Waals surface area contributed by atoms with Gasteiger partial charge in [-0.1, -0.05) is 18.2 Å². The van der Waals surface area contributed by atoms with Gasteiger partial charge in [0.1, 0.15) is 0 Å². The smallest absolute Gasteiger partial charge is 0.222 e. The minimum absolute atomic E-state index is 0.384. The molecule has 2 saturated heterocycles. The quantitative estimate of drug-likeness (QED) is 0.821. The van der Waals surface area contributed by atoms with Crippen LogP contribution >= 0.6 is 0 Å². The van der Waals surface area contributed by atoms with Crippen LogP contribution < -0.4 is 0 Å². The Balaban J connectivity index is 1.26. The first kappa shape index (κ1) is 17.5. The normalized spacial score (nSPS) is 19.3. The molecule has 4 rings (SSSR count). The maximum Gasteiger partial charge on any atom is 0.222 e. The molecule has 2 fully saturated rings. The summed E-state index contributed by atoms with van der Waals surface area (Å²) < 4.78 is 0. The van der Waals surface area contributed by atoms with Gasteiger partial charge in [0, 0.05) is 43.8 Å². The van der Waals surface area contributed by atoms with Gasteiger partial charge in [0.2, 0.25) is 5.91 Å². The summed E-state index contributed by atoms with van der Waals surface area (Å²) in [5.41, 5.74) is 1.40. The molecule has 1 amide bonds. The molecule has 138 valence electrons. The van der Waals surface area contributed by atoms with E-state index in [0.29, 0.717) is 5.91 Å². The average Bonchev–Trinajstić information content (AvgIpc) is 3.22. The largest absolute Gasteiger partial charge is 0.343 e. The Labute approximate surface area is 156 Å². The highest BCUT2D eigenvalue weighted by atomic mass is 16.2. The Hall–Kier alpha value is -1.94. The molecular weight excluding hydrogens is 322 g/mol. The van der Waals surface area contributed by atoms with E-state index in [2.05, 4.69) is 39.0 Å². The van der Waals surface area contributed by atoms with E-state index in [9.17, 15) is 4.79 Å². The lowest BCUT2D eigenvalue weighted by Gasteiger charge is -2.32. The van der Waals surface area contributed by atoms with Crippen LogP contribution in [0.5, 0.6) is 0 Å². The van der Waals surface area contributed by atoms with E-state index >= 15 is 0 Å². The molecular formula is C22H29N3O. The summed E-state index contributed by atoms with van der Waals surface area (Å²) in [7, 11) is 0. The SMILES string of the molecule is O=C(CCC1CCN(Cc2cccc3cnccc23)CC1)N1CCCC1. The Kier molecular flexibility index (Phi) is 5.49. The first-order chi connectivity index (χ1) is 12.8. The minimum Gasteiger partial charge on any atom is -0.343 e. The Morgan fingerprint density at radius 3 is 2.69 bits per heavy atom. The molecule has 26 heavy (non-hydrogen) atoms. The number of benzene rings is 1. The molecule has 0 N–H and O–H groups in total. The predicted molar refractivity (Wildman–Crippen MR) is 105 cm³/mol. The van der Waals surface area contributed by atoms with Crippen molar-refractivity contribution in [1.82, 2.24) is 14.8 Å². The van der Waals surface area contributed by atoms with E-state index in [1.165, 1.54) is 42.0 Å². The predicted octanol–water partition coefficient (Wildman–Crippen LogP) is 3.85. The van der Waals surface area contributed by atoms with E-state index < -0.39 is 0 Å². The molecule has 3 heterocycles. The number of nitrogens with zero attached hydrogens (tertiary/aromatic N) is 3. The molecule has 2 aliphatic heterocycles. The molecule has 0 radical (unpaired) electrons. The lowest BCUT2D eigenvalue weighted by molar-refractivity contribution is -0.130. The minimum atomic E-state index is 0.384. The van der Waals surface area contributed by atoms with Gasteiger partial charge in [0.15, 0.2) is 0 Å². The van der Waals surface area contributed by atoms with Gasteiger partial charge in [0.05, 0.1) is 0 Å². The van der Waals surface area contributed by atoms with Gasteiger partial charge in [-0.25, -0.2) is 0 Å². The zero-order valence-electron chi connectivity index (χ0n) is 15.6. The van der Waals surface area contributed by atoms with Crippen molar-refractivity contribution < 1.29 is 4.79 Å². The van der Waals surface area contributed by atoms with Crippen molar-refractivity contribution in [2.45, 2.75) is 45.1 Å². The molecule has 4 nitrogen and oxygen atoms in total. The van der Waals surface area contributed by atoms with Crippen LogP contribution in [-0.2, 0) is 11.3 Å². The standard InChI is InChI=1S/C22H29N3O/c26-22(25-12-1-2-13-25)7-6-18-9-14-24(15-10-18)17-20-5-3-4-19-16-23-11-8-21(19)20/h3-5,8,11,16,18H,1-2,6-7,9-10,12-15,17H2. The average molecular weight is 351 g/mol. The molecule has 1 aromatic carbocycles. The van der Waals surface area contributed by atoms with Crippen LogP contribution in [0.25, 0.3) is 10.8 Å². The fraction of sp³-hybridized carbons (Fsp3) is 0.545. The summed E-state index contributed by atoms with van der Waals surface area (Å²) in [5.74, 6) is 1.10. The number of carbonyl (C=O) groups is 1. The number of piperidine rings is 1. The number of hydrogen-bond acceptors (Lipinski definition) is 3. The van der Waals surface area contributed by atoms with E-state index in [4.69, 9.17) is 0 Å². The van der Waals surface area contributed by atoms with Crippen LogP contribution in [0.2, 0.25) is 0 Å². The summed E-state index contributed by atoms with van der Waals surface area (Å²) in [6.07, 6.45) is 10.5. The molecule has 2 aliphatic rings. The molecule has 0 bridgehead atoms. The Morgan fingerprint density at radius 2 is 1.88 bits per heavy atom. The number of carbonyl (C=O) groups excluding carboxylic acids is 1. The number of likely N-dealkylation sites (tertiary alicyclic amines) is 2. The van der Waals surface area contributed by atoms with E-state index in [1.54, 1.807) is 0 Å². The zero-order chi connectivity index (χ0) is 17.8. The number of amides is 1. The van der Waals surface area contributed by atoms with E-state index in [-0.39, 0.29) is 0 Å². The molecule has 1 aromatic heterocycles. The summed E-state index contributed by atoms with van der Waals surface area (Å²) in [4.78, 5) is 21.1. The maximum absolute atomic E-state index is 12.2. The van der Waals surface area contributed by atoms with Gasteiger partial charge < -0.3 is 4.90 Å². The highest BCUT2D eigenvalue weighted by Crippen LogP contribution is 2.26. The second-order valence-corrected chi connectivity index (χ2v) is 7.86. The van der Waals surface area contributed by atoms with Gasteiger partial charge in [-0.05, 0) is 68.1 Å². The lowest BCUT2D eigenvalue weighted by atomic mass is 9.91. The van der Waals surface area contributed by atoms with Crippen molar-refractivity contribution >= 4 is 16.7 Å². The van der Waals surface area contributed by atoms with Crippen LogP contribution in [0.4, 0.5) is 0 Å². The number of aromatic nitrogens is 1. The monoisotopic (exact) mass is 351 g/mol. The van der Waals surface area contributed by atoms with Crippen LogP contribution in [0.3, 0.4) is 0 Å². The molecule has 0 spiro atoms. The Morgan fingerprint density at radius 1 is 1.08 bits per heavy atom. The Bertz CT molecular complexity index is 741. The highest BCUT2D eigenvalue weighted by Gasteiger charge is 2.23. The second-order valence-electron chi connectivity index (χ2n) is 7.86. The van der Waals surface area contributed by atoms with Crippen molar-refractivity contribution in [3.63, 3.8) is 0 Å². The van der Waals surface area contributed by atoms with Gasteiger partial charge in [0.25, 0.3) is 0 Å². The van der Waals surface area contributed by atoms with Crippen LogP contribution in [-0.4, -0.2) is 46.9 Å². The zero-order valence-corrected chi connectivity index (χ0v) is 15.6. The number of pyridine rings is 1. The fourth-order valence-corrected chi connectivity index (χ4v) is 4.45. The number of fused-ring (bicyclic) bond motifs is 1.